The van der Waals surface area contributed by atoms with Gasteiger partial charge in [0.05, 0.1) is 24.3 Å². The van der Waals surface area contributed by atoms with E-state index in [1.165, 1.54) is 37.4 Å². The van der Waals surface area contributed by atoms with Crippen LogP contribution in [0, 0.1) is 17.1 Å². The molecule has 0 saturated carbocycles. The summed E-state index contributed by atoms with van der Waals surface area (Å²) < 4.78 is 23.6. The Morgan fingerprint density at radius 2 is 2.00 bits per heavy atom. The molecule has 0 saturated heterocycles. The third kappa shape index (κ3) is 3.38. The van der Waals surface area contributed by atoms with Gasteiger partial charge in [0.15, 0.2) is 11.5 Å². The number of benzene rings is 2. The maximum atomic E-state index is 13.0. The summed E-state index contributed by atoms with van der Waals surface area (Å²) in [6.07, 6.45) is 0. The van der Waals surface area contributed by atoms with Crippen molar-refractivity contribution in [1.29, 1.82) is 5.26 Å². The van der Waals surface area contributed by atoms with E-state index in [-0.39, 0.29) is 17.1 Å². The Kier molecular flexibility index (Phi) is 4.55. The summed E-state index contributed by atoms with van der Waals surface area (Å²) in [6, 6.07) is 10.0. The molecule has 0 atom stereocenters. The van der Waals surface area contributed by atoms with Crippen LogP contribution in [0.2, 0.25) is 0 Å². The van der Waals surface area contributed by atoms with E-state index in [1.807, 2.05) is 6.07 Å². The molecule has 0 radical (unpaired) electrons. The number of carbonyl (C=O) groups is 1. The number of hydrogen-bond acceptors (Lipinski definition) is 4. The number of hydrogen-bond donors (Lipinski definition) is 0. The van der Waals surface area contributed by atoms with Gasteiger partial charge in [-0.3, -0.25) is 0 Å². The molecule has 0 spiro atoms. The van der Waals surface area contributed by atoms with E-state index < -0.39 is 11.8 Å². The van der Waals surface area contributed by atoms with Crippen LogP contribution in [-0.4, -0.2) is 13.1 Å². The molecule has 0 aliphatic rings. The fourth-order valence-corrected chi connectivity index (χ4v) is 2.14. The average Bonchev–Trinajstić information content (AvgIpc) is 2.47. The van der Waals surface area contributed by atoms with Gasteiger partial charge in [-0.15, -0.1) is 0 Å². The minimum Gasteiger partial charge on any atom is -0.493 e. The van der Waals surface area contributed by atoms with Gasteiger partial charge in [0.25, 0.3) is 0 Å². The molecule has 2 aromatic carbocycles. The first-order valence-electron chi connectivity index (χ1n) is 5.80. The Bertz CT molecular complexity index is 740. The second kappa shape index (κ2) is 6.37. The molecule has 0 amide bonds. The zero-order valence-corrected chi connectivity index (χ0v) is 12.5. The van der Waals surface area contributed by atoms with Crippen molar-refractivity contribution in [3.8, 4) is 17.6 Å². The summed E-state index contributed by atoms with van der Waals surface area (Å²) in [5.41, 5.74) is 0.567. The van der Waals surface area contributed by atoms with E-state index in [2.05, 4.69) is 15.9 Å². The molecule has 0 aromatic heterocycles. The van der Waals surface area contributed by atoms with Gasteiger partial charge in [-0.1, -0.05) is 0 Å². The maximum Gasteiger partial charge on any atom is 0.344 e. The highest BCUT2D eigenvalue weighted by Gasteiger charge is 2.16. The molecule has 0 fully saturated rings. The Labute approximate surface area is 128 Å². The monoisotopic (exact) mass is 349 g/mol. The van der Waals surface area contributed by atoms with Crippen molar-refractivity contribution < 1.29 is 18.7 Å². The summed E-state index contributed by atoms with van der Waals surface area (Å²) in [5, 5.41) is 8.82. The van der Waals surface area contributed by atoms with Crippen molar-refractivity contribution in [3.63, 3.8) is 0 Å². The molecule has 21 heavy (non-hydrogen) atoms. The normalized spacial score (nSPS) is 9.81. The van der Waals surface area contributed by atoms with E-state index in [9.17, 15) is 9.18 Å². The molecule has 4 nitrogen and oxygen atoms in total. The topological polar surface area (TPSA) is 59.3 Å². The number of rotatable bonds is 3. The van der Waals surface area contributed by atoms with Crippen molar-refractivity contribution in [1.82, 2.24) is 0 Å². The number of methoxy groups -OCH3 is 1. The van der Waals surface area contributed by atoms with Crippen molar-refractivity contribution in [2.75, 3.05) is 7.11 Å². The summed E-state index contributed by atoms with van der Waals surface area (Å²) in [4.78, 5) is 12.1. The van der Waals surface area contributed by atoms with Crippen LogP contribution in [0.3, 0.4) is 0 Å². The van der Waals surface area contributed by atoms with E-state index in [1.54, 1.807) is 0 Å². The van der Waals surface area contributed by atoms with Gasteiger partial charge in [0, 0.05) is 10.5 Å². The number of esters is 1. The van der Waals surface area contributed by atoms with E-state index in [4.69, 9.17) is 14.7 Å². The quantitative estimate of drug-likeness (QED) is 0.626. The maximum absolute atomic E-state index is 13.0. The van der Waals surface area contributed by atoms with E-state index in [0.717, 1.165) is 6.07 Å². The number of carbonyl (C=O) groups excluding carboxylic acids is 1. The van der Waals surface area contributed by atoms with Crippen LogP contribution in [-0.2, 0) is 0 Å². The van der Waals surface area contributed by atoms with Gasteiger partial charge in [0.1, 0.15) is 5.82 Å². The molecule has 6 heteroatoms. The number of nitrogens with zero attached hydrogens (tertiary/aromatic N) is 1. The first kappa shape index (κ1) is 15.0. The van der Waals surface area contributed by atoms with Crippen LogP contribution in [0.1, 0.15) is 15.9 Å². The summed E-state index contributed by atoms with van der Waals surface area (Å²) in [7, 11) is 1.40. The van der Waals surface area contributed by atoms with Crippen LogP contribution in [0.4, 0.5) is 4.39 Å². The number of ether oxygens (including phenoxy) is 2. The molecule has 106 valence electrons. The highest BCUT2D eigenvalue weighted by molar-refractivity contribution is 9.10. The Morgan fingerprint density at radius 1 is 1.24 bits per heavy atom. The van der Waals surface area contributed by atoms with Crippen LogP contribution in [0.25, 0.3) is 0 Å². The lowest BCUT2D eigenvalue weighted by molar-refractivity contribution is 0.0728. The minimum atomic E-state index is -0.662. The Hall–Kier alpha value is -2.39. The van der Waals surface area contributed by atoms with Gasteiger partial charge < -0.3 is 9.47 Å². The molecular weight excluding hydrogens is 341 g/mol. The van der Waals surface area contributed by atoms with Gasteiger partial charge in [0.2, 0.25) is 0 Å². The summed E-state index contributed by atoms with van der Waals surface area (Å²) in [5.74, 6) is -0.683. The second-order valence-electron chi connectivity index (χ2n) is 3.99. The molecule has 0 bridgehead atoms. The van der Waals surface area contributed by atoms with Crippen LogP contribution in [0.15, 0.2) is 40.9 Å². The second-order valence-corrected chi connectivity index (χ2v) is 4.85. The zero-order chi connectivity index (χ0) is 15.4. The van der Waals surface area contributed by atoms with Crippen molar-refractivity contribution >= 4 is 21.9 Å². The predicted octanol–water partition coefficient (Wildman–Crippen LogP) is 3.69. The Balaban J connectivity index is 2.29. The van der Waals surface area contributed by atoms with Crippen molar-refractivity contribution in [2.24, 2.45) is 0 Å². The zero-order valence-electron chi connectivity index (χ0n) is 10.9. The smallest absolute Gasteiger partial charge is 0.344 e. The standard InChI is InChI=1S/C15H9BrFNO3/c1-20-14-6-9(8-18)2-5-13(14)21-15(19)11-4-3-10(17)7-12(11)16/h2-7H,1H3. The lowest BCUT2D eigenvalue weighted by Crippen LogP contribution is -2.10. The van der Waals surface area contributed by atoms with Gasteiger partial charge in [-0.2, -0.15) is 5.26 Å². The molecule has 0 unspecified atom stereocenters. The predicted molar refractivity (Wildman–Crippen MR) is 76.8 cm³/mol. The lowest BCUT2D eigenvalue weighted by atomic mass is 10.2. The third-order valence-electron chi connectivity index (χ3n) is 2.65. The molecule has 0 heterocycles. The molecule has 0 aliphatic heterocycles. The fraction of sp³-hybridized carbons (Fsp3) is 0.0667. The SMILES string of the molecule is COc1cc(C#N)ccc1OC(=O)c1ccc(F)cc1Br. The van der Waals surface area contributed by atoms with E-state index in [0.29, 0.717) is 10.0 Å². The highest BCUT2D eigenvalue weighted by Crippen LogP contribution is 2.29. The summed E-state index contributed by atoms with van der Waals surface area (Å²) >= 11 is 3.10. The third-order valence-corrected chi connectivity index (χ3v) is 3.30. The van der Waals surface area contributed by atoms with Crippen LogP contribution in [0.5, 0.6) is 11.5 Å². The minimum absolute atomic E-state index is 0.178. The lowest BCUT2D eigenvalue weighted by Gasteiger charge is -2.10. The summed E-state index contributed by atoms with van der Waals surface area (Å²) in [6.45, 7) is 0. The van der Waals surface area contributed by atoms with Crippen molar-refractivity contribution in [2.45, 2.75) is 0 Å². The highest BCUT2D eigenvalue weighted by atomic mass is 79.9. The average molecular weight is 350 g/mol. The fourth-order valence-electron chi connectivity index (χ4n) is 1.63. The molecule has 2 aromatic rings. The van der Waals surface area contributed by atoms with Gasteiger partial charge in [-0.25, -0.2) is 9.18 Å². The first-order valence-corrected chi connectivity index (χ1v) is 6.60. The molecule has 0 N–H and O–H groups in total. The van der Waals surface area contributed by atoms with Crippen LogP contribution < -0.4 is 9.47 Å². The van der Waals surface area contributed by atoms with E-state index >= 15 is 0 Å². The number of halogens is 2. The largest absolute Gasteiger partial charge is 0.493 e. The molecule has 2 rings (SSSR count). The Morgan fingerprint density at radius 3 is 2.62 bits per heavy atom. The van der Waals surface area contributed by atoms with Crippen LogP contribution >= 0.6 is 15.9 Å². The first-order chi connectivity index (χ1) is 10.0. The van der Waals surface area contributed by atoms with Gasteiger partial charge >= 0.3 is 5.97 Å². The molecule has 0 aliphatic carbocycles. The molecular formula is C15H9BrFNO3. The van der Waals surface area contributed by atoms with Crippen molar-refractivity contribution in [3.05, 3.63) is 57.8 Å². The van der Waals surface area contributed by atoms with Gasteiger partial charge in [-0.05, 0) is 46.3 Å². The number of nitriles is 1.